The Balaban J connectivity index is 2.09. The molecule has 4 heteroatoms. The fraction of sp³-hybridized carbons (Fsp3) is 0.333. The maximum Gasteiger partial charge on any atom is 0.183 e. The minimum atomic E-state index is -1.70. The number of rotatable bonds is 1. The van der Waals surface area contributed by atoms with Gasteiger partial charge < -0.3 is 0 Å². The van der Waals surface area contributed by atoms with Crippen LogP contribution in [0.2, 0.25) is 0 Å². The number of nitriles is 4. The second-order valence-electron chi connectivity index (χ2n) is 7.08. The second kappa shape index (κ2) is 4.83. The first-order valence-electron chi connectivity index (χ1n) is 8.22. The van der Waals surface area contributed by atoms with Gasteiger partial charge in [-0.15, -0.1) is 0 Å². The Morgan fingerprint density at radius 2 is 1.40 bits per heavy atom. The summed E-state index contributed by atoms with van der Waals surface area (Å²) in [4.78, 5) is 0. The second-order valence-corrected chi connectivity index (χ2v) is 7.08. The van der Waals surface area contributed by atoms with Crippen molar-refractivity contribution in [2.75, 3.05) is 0 Å². The molecular formula is C21H14N4. The molecule has 1 spiro atoms. The average Bonchev–Trinajstić information content (AvgIpc) is 3.35. The lowest BCUT2D eigenvalue weighted by atomic mass is 9.62. The Morgan fingerprint density at radius 3 is 2.00 bits per heavy atom. The number of nitrogens with zero attached hydrogens (tertiary/aromatic N) is 4. The van der Waals surface area contributed by atoms with Crippen molar-refractivity contribution in [3.8, 4) is 24.3 Å². The van der Waals surface area contributed by atoms with E-state index in [9.17, 15) is 21.0 Å². The normalized spacial score (nSPS) is 35.0. The van der Waals surface area contributed by atoms with Crippen molar-refractivity contribution >= 4 is 0 Å². The number of benzene rings is 1. The fourth-order valence-corrected chi connectivity index (χ4v) is 5.29. The Labute approximate surface area is 146 Å². The summed E-state index contributed by atoms with van der Waals surface area (Å²) < 4.78 is 0. The predicted octanol–water partition coefficient (Wildman–Crippen LogP) is 3.60. The lowest BCUT2D eigenvalue weighted by molar-refractivity contribution is 0.296. The van der Waals surface area contributed by atoms with Crippen LogP contribution in [0.5, 0.6) is 0 Å². The summed E-state index contributed by atoms with van der Waals surface area (Å²) in [7, 11) is 0. The van der Waals surface area contributed by atoms with Crippen LogP contribution in [0.3, 0.4) is 0 Å². The Kier molecular flexibility index (Phi) is 2.94. The minimum absolute atomic E-state index is 0.169. The summed E-state index contributed by atoms with van der Waals surface area (Å²) in [5.41, 5.74) is -2.96. The van der Waals surface area contributed by atoms with E-state index in [2.05, 4.69) is 30.4 Å². The fourth-order valence-electron chi connectivity index (χ4n) is 5.29. The molecule has 118 valence electrons. The van der Waals surface area contributed by atoms with E-state index >= 15 is 0 Å². The third kappa shape index (κ3) is 1.48. The molecule has 3 aliphatic rings. The highest BCUT2D eigenvalue weighted by molar-refractivity contribution is 5.54. The molecule has 0 heterocycles. The lowest BCUT2D eigenvalue weighted by Gasteiger charge is -2.30. The van der Waals surface area contributed by atoms with Crippen LogP contribution < -0.4 is 0 Å². The molecule has 1 aromatic rings. The van der Waals surface area contributed by atoms with Gasteiger partial charge in [0.1, 0.15) is 0 Å². The van der Waals surface area contributed by atoms with E-state index in [0.29, 0.717) is 0 Å². The van der Waals surface area contributed by atoms with E-state index in [1.54, 1.807) is 0 Å². The molecule has 0 aliphatic heterocycles. The molecule has 2 fully saturated rings. The van der Waals surface area contributed by atoms with Gasteiger partial charge in [0.05, 0.1) is 24.3 Å². The largest absolute Gasteiger partial charge is 0.196 e. The summed E-state index contributed by atoms with van der Waals surface area (Å²) in [6.07, 6.45) is 8.52. The van der Waals surface area contributed by atoms with Crippen LogP contribution in [0, 0.1) is 73.4 Å². The quantitative estimate of drug-likeness (QED) is 0.789. The highest BCUT2D eigenvalue weighted by Crippen LogP contribution is 2.82. The summed E-state index contributed by atoms with van der Waals surface area (Å²) >= 11 is 0. The molecule has 2 saturated carbocycles. The molecule has 0 amide bonds. The molecule has 1 unspecified atom stereocenters. The molecule has 4 nitrogen and oxygen atoms in total. The lowest BCUT2D eigenvalue weighted by Crippen LogP contribution is -2.39. The summed E-state index contributed by atoms with van der Waals surface area (Å²) in [5, 5.41) is 40.2. The zero-order valence-corrected chi connectivity index (χ0v) is 13.4. The summed E-state index contributed by atoms with van der Waals surface area (Å²) in [6, 6.07) is 17.9. The average molecular weight is 322 g/mol. The molecule has 0 radical (unpaired) electrons. The smallest absolute Gasteiger partial charge is 0.183 e. The summed E-state index contributed by atoms with van der Waals surface area (Å²) in [5.74, 6) is -0.750. The van der Waals surface area contributed by atoms with E-state index in [1.807, 2.05) is 48.6 Å². The SMILES string of the molecule is N#CC1(C#N)[C@H](c2ccccc2)C23C[C@H]2C=CC=C[C@@H]3C1(C#N)C#N. The molecular weight excluding hydrogens is 308 g/mol. The number of hydrogen-bond donors (Lipinski definition) is 0. The van der Waals surface area contributed by atoms with Crippen molar-refractivity contribution in [3.63, 3.8) is 0 Å². The van der Waals surface area contributed by atoms with E-state index in [-0.39, 0.29) is 5.92 Å². The van der Waals surface area contributed by atoms with Gasteiger partial charge in [0.25, 0.3) is 0 Å². The van der Waals surface area contributed by atoms with Gasteiger partial charge >= 0.3 is 0 Å². The number of hydrogen-bond acceptors (Lipinski definition) is 4. The van der Waals surface area contributed by atoms with Crippen LogP contribution in [-0.2, 0) is 0 Å². The molecule has 0 aromatic heterocycles. The van der Waals surface area contributed by atoms with E-state index < -0.39 is 28.1 Å². The first-order valence-corrected chi connectivity index (χ1v) is 8.22. The van der Waals surface area contributed by atoms with Crippen LogP contribution in [0.1, 0.15) is 17.9 Å². The van der Waals surface area contributed by atoms with Gasteiger partial charge in [-0.05, 0) is 23.3 Å². The van der Waals surface area contributed by atoms with Crippen molar-refractivity contribution in [3.05, 3.63) is 60.2 Å². The van der Waals surface area contributed by atoms with Crippen molar-refractivity contribution in [1.82, 2.24) is 0 Å². The topological polar surface area (TPSA) is 95.2 Å². The van der Waals surface area contributed by atoms with Crippen LogP contribution in [0.15, 0.2) is 54.6 Å². The van der Waals surface area contributed by atoms with Crippen LogP contribution >= 0.6 is 0 Å². The Hall–Kier alpha value is -3.34. The first-order chi connectivity index (χ1) is 12.2. The van der Waals surface area contributed by atoms with Gasteiger partial charge in [0.2, 0.25) is 0 Å². The zero-order valence-electron chi connectivity index (χ0n) is 13.4. The summed E-state index contributed by atoms with van der Waals surface area (Å²) in [6.45, 7) is 0. The third-order valence-corrected chi connectivity index (χ3v) is 6.34. The van der Waals surface area contributed by atoms with Crippen LogP contribution in [0.25, 0.3) is 0 Å². The highest BCUT2D eigenvalue weighted by Gasteiger charge is 2.83. The maximum absolute atomic E-state index is 10.1. The predicted molar refractivity (Wildman–Crippen MR) is 88.8 cm³/mol. The van der Waals surface area contributed by atoms with Gasteiger partial charge in [-0.1, -0.05) is 54.6 Å². The standard InChI is InChI=1S/C21H14N4/c22-11-19(12-23)17-9-5-4-8-16-10-21(16,17)18(20(19,13-24)14-25)15-6-2-1-3-7-15/h1-9,16-18H,10H2/t16-,17-,18+,21?/m1/s1. The molecule has 1 aromatic carbocycles. The van der Waals surface area contributed by atoms with Gasteiger partial charge in [-0.25, -0.2) is 0 Å². The highest BCUT2D eigenvalue weighted by atomic mass is 14.8. The molecule has 3 aliphatic carbocycles. The van der Waals surface area contributed by atoms with E-state index in [0.717, 1.165) is 12.0 Å². The zero-order chi connectivity index (χ0) is 17.7. The van der Waals surface area contributed by atoms with Crippen LogP contribution in [0.4, 0.5) is 0 Å². The molecule has 4 rings (SSSR count). The molecule has 4 atom stereocenters. The van der Waals surface area contributed by atoms with Gasteiger partial charge in [-0.2, -0.15) is 21.0 Å². The van der Waals surface area contributed by atoms with Crippen molar-refractivity contribution in [1.29, 1.82) is 21.0 Å². The molecule has 0 N–H and O–H groups in total. The number of allylic oxidation sites excluding steroid dienone is 4. The third-order valence-electron chi connectivity index (χ3n) is 6.34. The first kappa shape index (κ1) is 15.2. The minimum Gasteiger partial charge on any atom is -0.196 e. The van der Waals surface area contributed by atoms with Crippen molar-refractivity contribution < 1.29 is 0 Å². The Bertz CT molecular complexity index is 932. The Morgan fingerprint density at radius 1 is 0.800 bits per heavy atom. The monoisotopic (exact) mass is 322 g/mol. The van der Waals surface area contributed by atoms with Crippen LogP contribution in [-0.4, -0.2) is 0 Å². The molecule has 25 heavy (non-hydrogen) atoms. The molecule has 0 bridgehead atoms. The molecule has 0 saturated heterocycles. The van der Waals surface area contributed by atoms with Gasteiger partial charge in [0, 0.05) is 11.8 Å². The maximum atomic E-state index is 10.1. The van der Waals surface area contributed by atoms with E-state index in [4.69, 9.17) is 0 Å². The van der Waals surface area contributed by atoms with E-state index in [1.165, 1.54) is 0 Å². The van der Waals surface area contributed by atoms with Crippen molar-refractivity contribution in [2.24, 2.45) is 28.1 Å². The van der Waals surface area contributed by atoms with Gasteiger partial charge in [-0.3, -0.25) is 0 Å². The van der Waals surface area contributed by atoms with Crippen molar-refractivity contribution in [2.45, 2.75) is 12.3 Å². The van der Waals surface area contributed by atoms with Gasteiger partial charge in [0.15, 0.2) is 10.8 Å².